The zero-order chi connectivity index (χ0) is 13.7. The second kappa shape index (κ2) is 6.27. The molecule has 102 valence electrons. The first-order valence-electron chi connectivity index (χ1n) is 6.41. The Hall–Kier alpha value is -1.97. The molecular weight excluding hydrogens is 244 g/mol. The van der Waals surface area contributed by atoms with E-state index in [1.54, 1.807) is 25.3 Å². The zero-order valence-corrected chi connectivity index (χ0v) is 11.0. The van der Waals surface area contributed by atoms with E-state index in [2.05, 4.69) is 0 Å². The first kappa shape index (κ1) is 13.5. The van der Waals surface area contributed by atoms with Crippen molar-refractivity contribution in [3.63, 3.8) is 0 Å². The minimum absolute atomic E-state index is 0.663. The maximum atomic E-state index is 10.5. The molecule has 0 bridgehead atoms. The molecule has 1 aromatic carbocycles. The number of ether oxygens (including phenoxy) is 2. The van der Waals surface area contributed by atoms with Crippen molar-refractivity contribution in [2.75, 3.05) is 13.7 Å². The molecule has 0 aromatic heterocycles. The predicted octanol–water partition coefficient (Wildman–Crippen LogP) is 2.97. The summed E-state index contributed by atoms with van der Waals surface area (Å²) < 4.78 is 11.0. The fourth-order valence-electron chi connectivity index (χ4n) is 1.82. The van der Waals surface area contributed by atoms with Crippen LogP contribution in [0.15, 0.2) is 24.3 Å². The fraction of sp³-hybridized carbons (Fsp3) is 0.400. The number of carbonyl (C=O) groups is 1. The summed E-state index contributed by atoms with van der Waals surface area (Å²) >= 11 is 0. The van der Waals surface area contributed by atoms with Crippen molar-refractivity contribution in [2.24, 2.45) is 5.92 Å². The van der Waals surface area contributed by atoms with Crippen LogP contribution in [0.5, 0.6) is 11.5 Å². The highest BCUT2D eigenvalue weighted by Crippen LogP contribution is 2.33. The first-order valence-corrected chi connectivity index (χ1v) is 6.41. The standard InChI is InChI=1S/C15H18O4/c1-18-13-6-4-12(5-7-15(16)17)10-14(13)19-9-8-11-2-3-11/h4-7,10-11H,2-3,8-9H2,1H3,(H,16,17). The molecule has 1 aliphatic carbocycles. The lowest BCUT2D eigenvalue weighted by Gasteiger charge is -2.11. The van der Waals surface area contributed by atoms with Gasteiger partial charge in [-0.2, -0.15) is 0 Å². The van der Waals surface area contributed by atoms with Crippen LogP contribution in [0, 0.1) is 5.92 Å². The molecule has 0 spiro atoms. The number of hydrogen-bond acceptors (Lipinski definition) is 3. The highest BCUT2D eigenvalue weighted by Gasteiger charge is 2.20. The molecule has 0 radical (unpaired) electrons. The van der Waals surface area contributed by atoms with Crippen molar-refractivity contribution >= 4 is 12.0 Å². The van der Waals surface area contributed by atoms with Gasteiger partial charge in [-0.15, -0.1) is 0 Å². The molecule has 0 atom stereocenters. The molecule has 1 fully saturated rings. The highest BCUT2D eigenvalue weighted by molar-refractivity contribution is 5.85. The predicted molar refractivity (Wildman–Crippen MR) is 72.5 cm³/mol. The molecule has 1 N–H and O–H groups in total. The van der Waals surface area contributed by atoms with E-state index < -0.39 is 5.97 Å². The lowest BCUT2D eigenvalue weighted by Crippen LogP contribution is -2.00. The van der Waals surface area contributed by atoms with Gasteiger partial charge in [0.25, 0.3) is 0 Å². The number of aliphatic carboxylic acids is 1. The molecule has 4 heteroatoms. The van der Waals surface area contributed by atoms with E-state index in [1.807, 2.05) is 0 Å². The van der Waals surface area contributed by atoms with Crippen LogP contribution < -0.4 is 9.47 Å². The maximum absolute atomic E-state index is 10.5. The molecule has 0 saturated heterocycles. The van der Waals surface area contributed by atoms with E-state index in [0.717, 1.165) is 24.0 Å². The Morgan fingerprint density at radius 3 is 2.84 bits per heavy atom. The van der Waals surface area contributed by atoms with E-state index in [4.69, 9.17) is 14.6 Å². The second-order valence-electron chi connectivity index (χ2n) is 4.66. The van der Waals surface area contributed by atoms with Crippen LogP contribution in [0.25, 0.3) is 6.08 Å². The van der Waals surface area contributed by atoms with Crippen LogP contribution in [-0.4, -0.2) is 24.8 Å². The van der Waals surface area contributed by atoms with Gasteiger partial charge in [0.15, 0.2) is 11.5 Å². The van der Waals surface area contributed by atoms with Gasteiger partial charge < -0.3 is 14.6 Å². The van der Waals surface area contributed by atoms with E-state index in [-0.39, 0.29) is 0 Å². The molecular formula is C15H18O4. The lowest BCUT2D eigenvalue weighted by molar-refractivity contribution is -0.131. The molecule has 1 saturated carbocycles. The Labute approximate surface area is 112 Å². The van der Waals surface area contributed by atoms with Gasteiger partial charge in [0.05, 0.1) is 13.7 Å². The number of benzene rings is 1. The van der Waals surface area contributed by atoms with Gasteiger partial charge in [0.2, 0.25) is 0 Å². The van der Waals surface area contributed by atoms with E-state index in [1.165, 1.54) is 18.9 Å². The fourth-order valence-corrected chi connectivity index (χ4v) is 1.82. The van der Waals surface area contributed by atoms with Crippen LogP contribution >= 0.6 is 0 Å². The summed E-state index contributed by atoms with van der Waals surface area (Å²) in [7, 11) is 1.59. The Morgan fingerprint density at radius 1 is 1.42 bits per heavy atom. The number of methoxy groups -OCH3 is 1. The third-order valence-electron chi connectivity index (χ3n) is 3.09. The minimum Gasteiger partial charge on any atom is -0.493 e. The average Bonchev–Trinajstić information content (AvgIpc) is 3.20. The van der Waals surface area contributed by atoms with Crippen LogP contribution in [0.1, 0.15) is 24.8 Å². The summed E-state index contributed by atoms with van der Waals surface area (Å²) in [5, 5.41) is 8.61. The lowest BCUT2D eigenvalue weighted by atomic mass is 10.2. The van der Waals surface area contributed by atoms with E-state index >= 15 is 0 Å². The van der Waals surface area contributed by atoms with Crippen molar-refractivity contribution in [2.45, 2.75) is 19.3 Å². The smallest absolute Gasteiger partial charge is 0.328 e. The average molecular weight is 262 g/mol. The van der Waals surface area contributed by atoms with Crippen LogP contribution in [0.4, 0.5) is 0 Å². The monoisotopic (exact) mass is 262 g/mol. The Morgan fingerprint density at radius 2 is 2.21 bits per heavy atom. The Kier molecular flexibility index (Phi) is 4.44. The van der Waals surface area contributed by atoms with Crippen LogP contribution in [-0.2, 0) is 4.79 Å². The number of carboxylic acid groups (broad SMARTS) is 1. The summed E-state index contributed by atoms with van der Waals surface area (Å²) in [4.78, 5) is 10.5. The SMILES string of the molecule is COc1ccc(C=CC(=O)O)cc1OCCC1CC1. The minimum atomic E-state index is -0.966. The van der Waals surface area contributed by atoms with E-state index in [9.17, 15) is 4.79 Å². The molecule has 0 heterocycles. The van der Waals surface area contributed by atoms with Gasteiger partial charge in [-0.25, -0.2) is 4.79 Å². The van der Waals surface area contributed by atoms with Gasteiger partial charge in [0, 0.05) is 6.08 Å². The molecule has 1 aromatic rings. The maximum Gasteiger partial charge on any atom is 0.328 e. The van der Waals surface area contributed by atoms with Gasteiger partial charge in [-0.05, 0) is 36.1 Å². The quantitative estimate of drug-likeness (QED) is 0.767. The summed E-state index contributed by atoms with van der Waals surface area (Å²) in [5.41, 5.74) is 0.782. The molecule has 0 amide bonds. The molecule has 4 nitrogen and oxygen atoms in total. The van der Waals surface area contributed by atoms with Crippen molar-refractivity contribution in [1.82, 2.24) is 0 Å². The third kappa shape index (κ3) is 4.32. The second-order valence-corrected chi connectivity index (χ2v) is 4.66. The summed E-state index contributed by atoms with van der Waals surface area (Å²) in [6.07, 6.45) is 6.33. The first-order chi connectivity index (χ1) is 9.19. The summed E-state index contributed by atoms with van der Waals surface area (Å²) in [5.74, 6) is 1.19. The van der Waals surface area contributed by atoms with Crippen molar-refractivity contribution < 1.29 is 19.4 Å². The van der Waals surface area contributed by atoms with Gasteiger partial charge in [-0.1, -0.05) is 18.9 Å². The zero-order valence-electron chi connectivity index (χ0n) is 11.0. The number of hydrogen-bond donors (Lipinski definition) is 1. The normalized spacial score (nSPS) is 14.6. The summed E-state index contributed by atoms with van der Waals surface area (Å²) in [6.45, 7) is 0.674. The third-order valence-corrected chi connectivity index (χ3v) is 3.09. The topological polar surface area (TPSA) is 55.8 Å². The molecule has 0 aliphatic heterocycles. The van der Waals surface area contributed by atoms with Crippen molar-refractivity contribution in [1.29, 1.82) is 0 Å². The van der Waals surface area contributed by atoms with Crippen LogP contribution in [0.3, 0.4) is 0 Å². The molecule has 0 unspecified atom stereocenters. The largest absolute Gasteiger partial charge is 0.493 e. The molecule has 2 rings (SSSR count). The Balaban J connectivity index is 2.03. The van der Waals surface area contributed by atoms with Crippen LogP contribution in [0.2, 0.25) is 0 Å². The highest BCUT2D eigenvalue weighted by atomic mass is 16.5. The molecule has 19 heavy (non-hydrogen) atoms. The molecule has 1 aliphatic rings. The van der Waals surface area contributed by atoms with Gasteiger partial charge >= 0.3 is 5.97 Å². The van der Waals surface area contributed by atoms with E-state index in [0.29, 0.717) is 18.1 Å². The number of carboxylic acids is 1. The van der Waals surface area contributed by atoms with Crippen molar-refractivity contribution in [3.05, 3.63) is 29.8 Å². The van der Waals surface area contributed by atoms with Crippen molar-refractivity contribution in [3.8, 4) is 11.5 Å². The van der Waals surface area contributed by atoms with Gasteiger partial charge in [-0.3, -0.25) is 0 Å². The summed E-state index contributed by atoms with van der Waals surface area (Å²) in [6, 6.07) is 5.38. The number of rotatable bonds is 7. The Bertz CT molecular complexity index is 475. The van der Waals surface area contributed by atoms with Gasteiger partial charge in [0.1, 0.15) is 0 Å².